The van der Waals surface area contributed by atoms with Gasteiger partial charge in [0.05, 0.1) is 0 Å². The van der Waals surface area contributed by atoms with Crippen LogP contribution in [0.15, 0.2) is 102 Å². The van der Waals surface area contributed by atoms with Crippen molar-refractivity contribution in [2.45, 2.75) is 25.3 Å². The van der Waals surface area contributed by atoms with Crippen molar-refractivity contribution in [1.29, 1.82) is 0 Å². The molecule has 3 aromatic carbocycles. The van der Waals surface area contributed by atoms with Crippen molar-refractivity contribution in [3.63, 3.8) is 0 Å². The van der Waals surface area contributed by atoms with Crippen LogP contribution in [0.25, 0.3) is 0 Å². The summed E-state index contributed by atoms with van der Waals surface area (Å²) in [6.45, 7) is 2.39. The third-order valence-corrected chi connectivity index (χ3v) is 6.37. The molecule has 2 N–H and O–H groups in total. The van der Waals surface area contributed by atoms with Crippen molar-refractivity contribution in [3.05, 3.63) is 119 Å². The molecule has 6 nitrogen and oxygen atoms in total. The Hall–Kier alpha value is -3.97. The SMILES string of the molecule is CCCCO/N=C(\C(=O)O)c1csc(NC(c2ccccc2)(c2ccccc2)c2ccccc2)n1. The second-order valence-electron chi connectivity index (χ2n) is 7.94. The van der Waals surface area contributed by atoms with Gasteiger partial charge in [0.2, 0.25) is 5.71 Å². The summed E-state index contributed by atoms with van der Waals surface area (Å²) in [4.78, 5) is 21.7. The number of rotatable bonds is 11. The van der Waals surface area contributed by atoms with Gasteiger partial charge in [-0.2, -0.15) is 0 Å². The molecule has 7 heteroatoms. The lowest BCUT2D eigenvalue weighted by Crippen LogP contribution is -2.38. The van der Waals surface area contributed by atoms with Crippen LogP contribution in [-0.4, -0.2) is 28.4 Å². The zero-order chi connectivity index (χ0) is 24.5. The molecular formula is C28H27N3O3S. The van der Waals surface area contributed by atoms with E-state index >= 15 is 0 Å². The predicted octanol–water partition coefficient (Wildman–Crippen LogP) is 6.15. The van der Waals surface area contributed by atoms with E-state index in [4.69, 9.17) is 4.84 Å². The van der Waals surface area contributed by atoms with Gasteiger partial charge in [-0.15, -0.1) is 11.3 Å². The van der Waals surface area contributed by atoms with Crippen LogP contribution in [0.5, 0.6) is 0 Å². The average molecular weight is 486 g/mol. The lowest BCUT2D eigenvalue weighted by molar-refractivity contribution is -0.129. The first-order valence-electron chi connectivity index (χ1n) is 11.5. The van der Waals surface area contributed by atoms with Crippen LogP contribution in [0.2, 0.25) is 0 Å². The Kier molecular flexibility index (Phi) is 7.90. The number of carboxylic acid groups (broad SMARTS) is 1. The van der Waals surface area contributed by atoms with Gasteiger partial charge in [0, 0.05) is 5.38 Å². The molecule has 0 saturated heterocycles. The minimum atomic E-state index is -1.18. The summed E-state index contributed by atoms with van der Waals surface area (Å²) in [7, 11) is 0. The number of unbranched alkanes of at least 4 members (excludes halogenated alkanes) is 1. The summed E-state index contributed by atoms with van der Waals surface area (Å²) in [6.07, 6.45) is 1.73. The van der Waals surface area contributed by atoms with Gasteiger partial charge in [-0.25, -0.2) is 9.78 Å². The third-order valence-electron chi connectivity index (χ3n) is 5.61. The summed E-state index contributed by atoms with van der Waals surface area (Å²) in [6, 6.07) is 30.5. The molecule has 0 atom stereocenters. The number of thiazole rings is 1. The molecular weight excluding hydrogens is 458 g/mol. The number of benzene rings is 3. The lowest BCUT2D eigenvalue weighted by Gasteiger charge is -2.36. The predicted molar refractivity (Wildman–Crippen MR) is 140 cm³/mol. The van der Waals surface area contributed by atoms with Crippen LogP contribution in [-0.2, 0) is 15.2 Å². The van der Waals surface area contributed by atoms with E-state index in [1.54, 1.807) is 5.38 Å². The molecule has 1 aromatic heterocycles. The molecule has 4 aromatic rings. The number of anilines is 1. The number of carboxylic acids is 1. The number of carbonyl (C=O) groups is 1. The number of nitrogens with one attached hydrogen (secondary N) is 1. The van der Waals surface area contributed by atoms with Crippen LogP contribution in [0.4, 0.5) is 5.13 Å². The monoisotopic (exact) mass is 485 g/mol. The first-order chi connectivity index (χ1) is 17.1. The molecule has 0 spiro atoms. The number of aliphatic carboxylic acids is 1. The second-order valence-corrected chi connectivity index (χ2v) is 8.80. The standard InChI is InChI=1S/C28H27N3O3S/c1-2-3-19-34-31-25(26(32)33)24-20-35-27(29-24)30-28(21-13-7-4-8-14-21,22-15-9-5-10-16-22)23-17-11-6-12-18-23/h4-18,20H,2-3,19H2,1H3,(H,29,30)(H,32,33)/b31-25-. The molecule has 4 rings (SSSR count). The molecule has 0 aliphatic heterocycles. The van der Waals surface area contributed by atoms with Gasteiger partial charge < -0.3 is 15.3 Å². The summed E-state index contributed by atoms with van der Waals surface area (Å²) < 4.78 is 0. The Morgan fingerprint density at radius 2 is 1.46 bits per heavy atom. The molecule has 0 radical (unpaired) electrons. The Balaban J connectivity index is 1.80. The summed E-state index contributed by atoms with van der Waals surface area (Å²) >= 11 is 1.33. The minimum absolute atomic E-state index is 0.213. The summed E-state index contributed by atoms with van der Waals surface area (Å²) in [5.41, 5.74) is 2.38. The fraction of sp³-hybridized carbons (Fsp3) is 0.179. The van der Waals surface area contributed by atoms with Crippen molar-refractivity contribution in [2.75, 3.05) is 11.9 Å². The van der Waals surface area contributed by atoms with Crippen molar-refractivity contribution in [1.82, 2.24) is 4.98 Å². The van der Waals surface area contributed by atoms with Crippen molar-refractivity contribution in [2.24, 2.45) is 5.16 Å². The van der Waals surface area contributed by atoms with Gasteiger partial charge >= 0.3 is 5.97 Å². The van der Waals surface area contributed by atoms with Gasteiger partial charge in [0.1, 0.15) is 17.8 Å². The molecule has 0 fully saturated rings. The Labute approximate surface area is 208 Å². The maximum absolute atomic E-state index is 11.9. The van der Waals surface area contributed by atoms with E-state index < -0.39 is 11.5 Å². The fourth-order valence-corrected chi connectivity index (χ4v) is 4.65. The highest BCUT2D eigenvalue weighted by Gasteiger charge is 2.37. The van der Waals surface area contributed by atoms with E-state index in [1.807, 2.05) is 61.5 Å². The topological polar surface area (TPSA) is 83.8 Å². The molecule has 1 heterocycles. The van der Waals surface area contributed by atoms with Crippen LogP contribution >= 0.6 is 11.3 Å². The minimum Gasteiger partial charge on any atom is -0.476 e. The highest BCUT2D eigenvalue weighted by atomic mass is 32.1. The van der Waals surface area contributed by atoms with E-state index in [0.717, 1.165) is 29.5 Å². The number of aromatic nitrogens is 1. The van der Waals surface area contributed by atoms with E-state index in [1.165, 1.54) is 11.3 Å². The highest BCUT2D eigenvalue weighted by Crippen LogP contribution is 2.40. The molecule has 178 valence electrons. The van der Waals surface area contributed by atoms with E-state index in [0.29, 0.717) is 11.7 Å². The van der Waals surface area contributed by atoms with E-state index in [-0.39, 0.29) is 11.4 Å². The molecule has 0 aliphatic rings. The quantitative estimate of drug-likeness (QED) is 0.115. The number of oxime groups is 1. The van der Waals surface area contributed by atoms with Crippen LogP contribution in [0.3, 0.4) is 0 Å². The molecule has 0 amide bonds. The Morgan fingerprint density at radius 3 is 1.91 bits per heavy atom. The van der Waals surface area contributed by atoms with Gasteiger partial charge in [-0.3, -0.25) is 0 Å². The summed E-state index contributed by atoms with van der Waals surface area (Å²) in [5.74, 6) is -1.18. The van der Waals surface area contributed by atoms with Crippen LogP contribution in [0, 0.1) is 0 Å². The van der Waals surface area contributed by atoms with Crippen molar-refractivity contribution >= 4 is 28.1 Å². The molecule has 0 aliphatic carbocycles. The van der Waals surface area contributed by atoms with Gasteiger partial charge in [0.25, 0.3) is 0 Å². The molecule has 0 saturated carbocycles. The van der Waals surface area contributed by atoms with Gasteiger partial charge in [0.15, 0.2) is 5.13 Å². The number of hydrogen-bond acceptors (Lipinski definition) is 6. The maximum Gasteiger partial charge on any atom is 0.360 e. The first-order valence-corrected chi connectivity index (χ1v) is 12.4. The maximum atomic E-state index is 11.9. The Bertz CT molecular complexity index is 1160. The normalized spacial score (nSPS) is 11.7. The van der Waals surface area contributed by atoms with Gasteiger partial charge in [-0.05, 0) is 23.1 Å². The highest BCUT2D eigenvalue weighted by molar-refractivity contribution is 7.14. The van der Waals surface area contributed by atoms with Crippen molar-refractivity contribution < 1.29 is 14.7 Å². The number of hydrogen-bond donors (Lipinski definition) is 2. The zero-order valence-corrected chi connectivity index (χ0v) is 20.2. The van der Waals surface area contributed by atoms with Crippen molar-refractivity contribution in [3.8, 4) is 0 Å². The smallest absolute Gasteiger partial charge is 0.360 e. The third kappa shape index (κ3) is 5.41. The van der Waals surface area contributed by atoms with E-state index in [9.17, 15) is 9.90 Å². The van der Waals surface area contributed by atoms with Crippen LogP contribution < -0.4 is 5.32 Å². The average Bonchev–Trinajstić information content (AvgIpc) is 3.36. The Morgan fingerprint density at radius 1 is 0.943 bits per heavy atom. The van der Waals surface area contributed by atoms with E-state index in [2.05, 4.69) is 51.9 Å². The summed E-state index contributed by atoms with van der Waals surface area (Å²) in [5, 5.41) is 19.4. The molecule has 0 unspecified atom stereocenters. The second kappa shape index (κ2) is 11.4. The lowest BCUT2D eigenvalue weighted by atomic mass is 9.77. The fourth-order valence-electron chi connectivity index (χ4n) is 3.90. The zero-order valence-electron chi connectivity index (χ0n) is 19.4. The first kappa shape index (κ1) is 24.2. The largest absolute Gasteiger partial charge is 0.476 e. The molecule has 35 heavy (non-hydrogen) atoms. The van der Waals surface area contributed by atoms with Gasteiger partial charge in [-0.1, -0.05) is 109 Å². The van der Waals surface area contributed by atoms with Crippen LogP contribution in [0.1, 0.15) is 42.1 Å². The number of nitrogens with zero attached hydrogens (tertiary/aromatic N) is 2. The molecule has 0 bridgehead atoms.